The number of hydrogen-bond acceptors (Lipinski definition) is 3. The Bertz CT molecular complexity index is 1160. The second-order valence-corrected chi connectivity index (χ2v) is 9.43. The van der Waals surface area contributed by atoms with Gasteiger partial charge >= 0.3 is 0 Å². The predicted molar refractivity (Wildman–Crippen MR) is 139 cm³/mol. The van der Waals surface area contributed by atoms with E-state index in [1.54, 1.807) is 7.11 Å². The van der Waals surface area contributed by atoms with E-state index in [-0.39, 0.29) is 17.5 Å². The molecule has 3 nitrogen and oxygen atoms in total. The maximum atomic E-state index is 6.28. The summed E-state index contributed by atoms with van der Waals surface area (Å²) in [5.41, 5.74) is 8.64. The Kier molecular flexibility index (Phi) is 7.45. The third-order valence-electron chi connectivity index (χ3n) is 6.09. The molecule has 2 aromatic carbocycles. The van der Waals surface area contributed by atoms with Crippen LogP contribution in [0.2, 0.25) is 5.02 Å². The zero-order chi connectivity index (χ0) is 23.4. The van der Waals surface area contributed by atoms with Gasteiger partial charge in [-0.3, -0.25) is 4.99 Å². The Labute approximate surface area is 206 Å². The van der Waals surface area contributed by atoms with Gasteiger partial charge in [-0.2, -0.15) is 0 Å². The summed E-state index contributed by atoms with van der Waals surface area (Å²) in [7, 11) is 1.70. The highest BCUT2D eigenvalue weighted by Gasteiger charge is 2.33. The van der Waals surface area contributed by atoms with Crippen LogP contribution in [0.5, 0.6) is 5.75 Å². The van der Waals surface area contributed by atoms with E-state index in [0.29, 0.717) is 5.02 Å². The lowest BCUT2D eigenvalue weighted by Gasteiger charge is -2.23. The van der Waals surface area contributed by atoms with E-state index in [1.165, 1.54) is 11.1 Å². The first-order valence-electron chi connectivity index (χ1n) is 11.1. The van der Waals surface area contributed by atoms with Crippen molar-refractivity contribution in [1.29, 1.82) is 0 Å². The molecule has 0 fully saturated rings. The van der Waals surface area contributed by atoms with Crippen molar-refractivity contribution in [3.8, 4) is 5.75 Å². The molecule has 0 bridgehead atoms. The molecule has 0 amide bonds. The first-order chi connectivity index (χ1) is 16.0. The van der Waals surface area contributed by atoms with Crippen LogP contribution in [-0.2, 0) is 6.42 Å². The van der Waals surface area contributed by atoms with E-state index in [9.17, 15) is 0 Å². The molecule has 0 radical (unpaired) electrons. The summed E-state index contributed by atoms with van der Waals surface area (Å²) in [5.74, 6) is 1.68. The lowest BCUT2D eigenvalue weighted by Crippen LogP contribution is -2.34. The van der Waals surface area contributed by atoms with Crippen LogP contribution in [0, 0.1) is 0 Å². The fourth-order valence-electron chi connectivity index (χ4n) is 4.15. The number of ether oxygens (including phenoxy) is 1. The van der Waals surface area contributed by atoms with Crippen molar-refractivity contribution in [2.75, 3.05) is 7.11 Å². The standard InChI is InChI=1S/C28H28Cl2N2O/c1-4-18(2)5-6-19-15-22(17-25(16-19)33-3)28-31-26(20-7-11-23(29)12-8-20)27(32-28)21-9-13-24(30)14-10-21/h7-13,15-17,24,26-27H,1,5-6,14H2,2-3H3,(H,31,32). The molecule has 0 spiro atoms. The first-order valence-corrected chi connectivity index (χ1v) is 11.9. The third-order valence-corrected chi connectivity index (χ3v) is 6.66. The molecule has 2 aromatic rings. The van der Waals surface area contributed by atoms with Crippen LogP contribution < -0.4 is 10.1 Å². The zero-order valence-corrected chi connectivity index (χ0v) is 20.5. The molecule has 3 atom stereocenters. The molecule has 1 N–H and O–H groups in total. The minimum absolute atomic E-state index is 0.0159. The molecular weight excluding hydrogens is 451 g/mol. The van der Waals surface area contributed by atoms with E-state index in [1.807, 2.05) is 30.3 Å². The third kappa shape index (κ3) is 5.62. The van der Waals surface area contributed by atoms with Crippen LogP contribution in [0.4, 0.5) is 0 Å². The molecule has 0 aromatic heterocycles. The summed E-state index contributed by atoms with van der Waals surface area (Å²) in [6, 6.07) is 14.2. The van der Waals surface area contributed by atoms with Crippen molar-refractivity contribution in [3.63, 3.8) is 0 Å². The van der Waals surface area contributed by atoms with Gasteiger partial charge in [0.25, 0.3) is 0 Å². The molecule has 5 heteroatoms. The van der Waals surface area contributed by atoms with Gasteiger partial charge in [0.15, 0.2) is 0 Å². The van der Waals surface area contributed by atoms with Crippen LogP contribution in [0.15, 0.2) is 89.1 Å². The van der Waals surface area contributed by atoms with Gasteiger partial charge in [0.05, 0.1) is 18.5 Å². The average Bonchev–Trinajstić information content (AvgIpc) is 3.28. The van der Waals surface area contributed by atoms with E-state index in [2.05, 4.69) is 54.9 Å². The summed E-state index contributed by atoms with van der Waals surface area (Å²) < 4.78 is 5.60. The molecular formula is C28H28Cl2N2O. The number of nitrogens with zero attached hydrogens (tertiary/aromatic N) is 1. The molecule has 2 aliphatic rings. The van der Waals surface area contributed by atoms with E-state index < -0.39 is 0 Å². The first kappa shape index (κ1) is 23.4. The molecule has 1 aliphatic carbocycles. The van der Waals surface area contributed by atoms with Gasteiger partial charge < -0.3 is 10.1 Å². The summed E-state index contributed by atoms with van der Waals surface area (Å²) >= 11 is 12.4. The van der Waals surface area contributed by atoms with Gasteiger partial charge in [0, 0.05) is 10.6 Å². The molecule has 3 unspecified atom stereocenters. The number of rotatable bonds is 7. The Hall–Kier alpha value is -2.71. The quantitative estimate of drug-likeness (QED) is 0.344. The highest BCUT2D eigenvalue weighted by Crippen LogP contribution is 2.34. The summed E-state index contributed by atoms with van der Waals surface area (Å²) in [6.07, 6.45) is 8.98. The number of alkyl halides is 1. The summed E-state index contributed by atoms with van der Waals surface area (Å²) in [4.78, 5) is 5.13. The average molecular weight is 479 g/mol. The number of methoxy groups -OCH3 is 1. The predicted octanol–water partition coefficient (Wildman–Crippen LogP) is 6.97. The number of benzene rings is 2. The molecule has 1 aliphatic heterocycles. The van der Waals surface area contributed by atoms with Gasteiger partial charge in [0.2, 0.25) is 0 Å². The summed E-state index contributed by atoms with van der Waals surface area (Å²) in [6.45, 7) is 5.79. The number of hydrogen-bond donors (Lipinski definition) is 1. The van der Waals surface area contributed by atoms with E-state index in [4.69, 9.17) is 32.9 Å². The van der Waals surface area contributed by atoms with Crippen LogP contribution in [0.1, 0.15) is 42.5 Å². The van der Waals surface area contributed by atoms with Crippen LogP contribution >= 0.6 is 23.2 Å². The van der Waals surface area contributed by atoms with Crippen LogP contribution in [-0.4, -0.2) is 24.4 Å². The monoisotopic (exact) mass is 478 g/mol. The van der Waals surface area contributed by atoms with Crippen molar-refractivity contribution >= 4 is 29.0 Å². The van der Waals surface area contributed by atoms with Crippen molar-refractivity contribution < 1.29 is 4.74 Å². The highest BCUT2D eigenvalue weighted by atomic mass is 35.5. The molecule has 0 saturated carbocycles. The maximum Gasteiger partial charge on any atom is 0.129 e. The maximum absolute atomic E-state index is 6.28. The molecule has 170 valence electrons. The van der Waals surface area contributed by atoms with Gasteiger partial charge in [-0.1, -0.05) is 48.5 Å². The topological polar surface area (TPSA) is 33.6 Å². The van der Waals surface area contributed by atoms with E-state index >= 15 is 0 Å². The fourth-order valence-corrected chi connectivity index (χ4v) is 4.44. The minimum atomic E-state index is -0.0689. The number of allylic oxidation sites excluding steroid dienone is 3. The molecule has 1 heterocycles. The smallest absolute Gasteiger partial charge is 0.129 e. The number of aryl methyl sites for hydroxylation is 1. The number of aliphatic imine (C=N–C) groups is 1. The van der Waals surface area contributed by atoms with E-state index in [0.717, 1.165) is 47.5 Å². The van der Waals surface area contributed by atoms with Crippen molar-refractivity contribution in [2.45, 2.75) is 43.6 Å². The Morgan fingerprint density at radius 2 is 2.03 bits per heavy atom. The SMILES string of the molecule is C=C=C(C)CCc1cc(OC)cc(C2=NC(c3ccc(Cl)cc3)C(C3=CCC(Cl)C=C3)N2)c1. The highest BCUT2D eigenvalue weighted by molar-refractivity contribution is 6.30. The Morgan fingerprint density at radius 3 is 2.70 bits per heavy atom. The largest absolute Gasteiger partial charge is 0.497 e. The van der Waals surface area contributed by atoms with Crippen molar-refractivity contribution in [2.24, 2.45) is 4.99 Å². The van der Waals surface area contributed by atoms with Gasteiger partial charge in [-0.15, -0.1) is 17.3 Å². The second kappa shape index (κ2) is 10.5. The van der Waals surface area contributed by atoms with Crippen molar-refractivity contribution in [1.82, 2.24) is 5.32 Å². The molecule has 0 saturated heterocycles. The van der Waals surface area contributed by atoms with Gasteiger partial charge in [0.1, 0.15) is 17.6 Å². The van der Waals surface area contributed by atoms with Crippen LogP contribution in [0.25, 0.3) is 0 Å². The molecule has 33 heavy (non-hydrogen) atoms. The van der Waals surface area contributed by atoms with Crippen molar-refractivity contribution in [3.05, 3.63) is 106 Å². The lowest BCUT2D eigenvalue weighted by molar-refractivity contribution is 0.414. The van der Waals surface area contributed by atoms with Gasteiger partial charge in [-0.05, 0) is 78.8 Å². The molecule has 4 rings (SSSR count). The van der Waals surface area contributed by atoms with Crippen LogP contribution in [0.3, 0.4) is 0 Å². The van der Waals surface area contributed by atoms with Gasteiger partial charge in [-0.25, -0.2) is 0 Å². The lowest BCUT2D eigenvalue weighted by atomic mass is 9.91. The normalized spacial score (nSPS) is 21.6. The number of amidine groups is 1. The fraction of sp³-hybridized carbons (Fsp3) is 0.286. The summed E-state index contributed by atoms with van der Waals surface area (Å²) in [5, 5.41) is 4.44. The number of halogens is 2. The Balaban J connectivity index is 1.69. The zero-order valence-electron chi connectivity index (χ0n) is 18.9. The second-order valence-electron chi connectivity index (χ2n) is 8.44. The number of nitrogens with one attached hydrogen (secondary N) is 1. The Morgan fingerprint density at radius 1 is 1.24 bits per heavy atom. The minimum Gasteiger partial charge on any atom is -0.497 e.